The molecular formula is C33H43N5O7S. The second-order valence-electron chi connectivity index (χ2n) is 12.6. The molecule has 248 valence electrons. The minimum absolute atomic E-state index is 0.0249. The van der Waals surface area contributed by atoms with Crippen molar-refractivity contribution in [2.75, 3.05) is 6.54 Å². The molecule has 0 saturated heterocycles. The van der Waals surface area contributed by atoms with E-state index in [9.17, 15) is 22.8 Å². The largest absolute Gasteiger partial charge is 0.444 e. The van der Waals surface area contributed by atoms with Crippen molar-refractivity contribution >= 4 is 44.8 Å². The van der Waals surface area contributed by atoms with Gasteiger partial charge in [0.05, 0.1) is 4.90 Å². The predicted octanol–water partition coefficient (Wildman–Crippen LogP) is 4.91. The van der Waals surface area contributed by atoms with E-state index in [1.165, 1.54) is 6.07 Å². The normalized spacial score (nSPS) is 12.5. The third-order valence-electron chi connectivity index (χ3n) is 6.24. The molecule has 46 heavy (non-hydrogen) atoms. The molecule has 0 fully saturated rings. The number of aryl methyl sites for hydroxylation is 1. The lowest BCUT2D eigenvalue weighted by Gasteiger charge is -2.22. The molecule has 0 aromatic heterocycles. The molecule has 1 atom stereocenters. The smallest absolute Gasteiger partial charge is 0.414 e. The highest BCUT2D eigenvalue weighted by Crippen LogP contribution is 2.26. The Kier molecular flexibility index (Phi) is 11.9. The van der Waals surface area contributed by atoms with Crippen molar-refractivity contribution in [1.82, 2.24) is 20.7 Å². The Morgan fingerprint density at radius 2 is 1.33 bits per heavy atom. The van der Waals surface area contributed by atoms with Gasteiger partial charge in [-0.25, -0.2) is 18.0 Å². The maximum absolute atomic E-state index is 13.7. The maximum atomic E-state index is 13.7. The summed E-state index contributed by atoms with van der Waals surface area (Å²) in [5.41, 5.74) is 0.0668. The zero-order valence-electron chi connectivity index (χ0n) is 27.3. The second-order valence-corrected chi connectivity index (χ2v) is 14.3. The molecule has 0 aliphatic carbocycles. The van der Waals surface area contributed by atoms with E-state index in [0.717, 1.165) is 16.5 Å². The van der Waals surface area contributed by atoms with Crippen molar-refractivity contribution in [3.63, 3.8) is 0 Å². The first kappa shape index (κ1) is 36.0. The minimum Gasteiger partial charge on any atom is -0.444 e. The number of aliphatic imine (C=N–C) groups is 1. The molecule has 0 aliphatic rings. The molecule has 0 saturated carbocycles. The van der Waals surface area contributed by atoms with Crippen molar-refractivity contribution in [3.8, 4) is 0 Å². The quantitative estimate of drug-likeness (QED) is 0.188. The number of hydrogen-bond acceptors (Lipinski definition) is 8. The summed E-state index contributed by atoms with van der Waals surface area (Å²) in [6.07, 6.45) is -1.89. The summed E-state index contributed by atoms with van der Waals surface area (Å²) in [4.78, 5) is 42.6. The number of guanidine groups is 1. The molecule has 4 N–H and O–H groups in total. The van der Waals surface area contributed by atoms with Crippen molar-refractivity contribution in [2.24, 2.45) is 4.99 Å². The van der Waals surface area contributed by atoms with E-state index in [0.29, 0.717) is 5.39 Å². The van der Waals surface area contributed by atoms with Crippen LogP contribution >= 0.6 is 0 Å². The summed E-state index contributed by atoms with van der Waals surface area (Å²) in [5.74, 6) is -0.875. The van der Waals surface area contributed by atoms with Crippen LogP contribution in [-0.2, 0) is 30.8 Å². The Bertz CT molecular complexity index is 1650. The molecule has 3 amide bonds. The summed E-state index contributed by atoms with van der Waals surface area (Å²) < 4.78 is 40.5. The lowest BCUT2D eigenvalue weighted by atomic mass is 10.1. The van der Waals surface area contributed by atoms with E-state index in [1.807, 2.05) is 49.4 Å². The first-order chi connectivity index (χ1) is 21.4. The molecular weight excluding hydrogens is 610 g/mol. The Hall–Kier alpha value is -4.49. The van der Waals surface area contributed by atoms with Crippen LogP contribution in [0.5, 0.6) is 0 Å². The van der Waals surface area contributed by atoms with Crippen molar-refractivity contribution in [1.29, 1.82) is 0 Å². The molecule has 13 heteroatoms. The van der Waals surface area contributed by atoms with Gasteiger partial charge in [-0.2, -0.15) is 4.72 Å². The Balaban J connectivity index is 1.88. The van der Waals surface area contributed by atoms with Crippen LogP contribution in [0.15, 0.2) is 76.6 Å². The number of benzene rings is 3. The average Bonchev–Trinajstić information content (AvgIpc) is 2.94. The lowest BCUT2D eigenvalue weighted by molar-refractivity contribution is -0.123. The monoisotopic (exact) mass is 653 g/mol. The van der Waals surface area contributed by atoms with Crippen LogP contribution in [0.25, 0.3) is 10.8 Å². The highest BCUT2D eigenvalue weighted by Gasteiger charge is 2.28. The number of rotatable bonds is 9. The summed E-state index contributed by atoms with van der Waals surface area (Å²) in [6, 6.07) is 18.2. The van der Waals surface area contributed by atoms with Crippen LogP contribution in [0, 0.1) is 6.92 Å². The number of nitrogens with zero attached hydrogens (tertiary/aromatic N) is 1. The van der Waals surface area contributed by atoms with Crippen molar-refractivity contribution in [2.45, 2.75) is 83.6 Å². The Morgan fingerprint density at radius 3 is 1.89 bits per heavy atom. The number of hydrogen-bond donors (Lipinski definition) is 4. The van der Waals surface area contributed by atoms with Gasteiger partial charge in [-0.15, -0.1) is 0 Å². The van der Waals surface area contributed by atoms with E-state index in [2.05, 4.69) is 25.7 Å². The molecule has 3 aromatic carbocycles. The number of ether oxygens (including phenoxy) is 2. The highest BCUT2D eigenvalue weighted by atomic mass is 32.2. The van der Waals surface area contributed by atoms with Crippen LogP contribution in [0.1, 0.15) is 59.1 Å². The van der Waals surface area contributed by atoms with Gasteiger partial charge < -0.3 is 14.8 Å². The molecule has 0 spiro atoms. The fourth-order valence-electron chi connectivity index (χ4n) is 4.28. The number of alkyl carbamates (subject to hydrolysis) is 2. The second kappa shape index (κ2) is 15.2. The van der Waals surface area contributed by atoms with Crippen LogP contribution in [0.3, 0.4) is 0 Å². The zero-order valence-corrected chi connectivity index (χ0v) is 28.1. The van der Waals surface area contributed by atoms with E-state index < -0.39 is 45.4 Å². The molecule has 3 aromatic rings. The van der Waals surface area contributed by atoms with Crippen LogP contribution in [0.4, 0.5) is 9.59 Å². The first-order valence-electron chi connectivity index (χ1n) is 14.8. The topological polar surface area (TPSA) is 164 Å². The summed E-state index contributed by atoms with van der Waals surface area (Å²) in [7, 11) is -4.20. The maximum Gasteiger partial charge on any atom is 0.414 e. The molecule has 0 unspecified atom stereocenters. The molecule has 0 aliphatic heterocycles. The van der Waals surface area contributed by atoms with Gasteiger partial charge in [-0.05, 0) is 77.5 Å². The summed E-state index contributed by atoms with van der Waals surface area (Å²) in [5, 5.41) is 8.82. The van der Waals surface area contributed by atoms with Gasteiger partial charge in [0, 0.05) is 18.5 Å². The fraction of sp³-hybridized carbons (Fsp3) is 0.394. The highest BCUT2D eigenvalue weighted by molar-refractivity contribution is 7.89. The van der Waals surface area contributed by atoms with E-state index >= 15 is 0 Å². The van der Waals surface area contributed by atoms with Crippen molar-refractivity contribution < 1.29 is 32.3 Å². The van der Waals surface area contributed by atoms with Crippen LogP contribution in [-0.4, -0.2) is 56.3 Å². The van der Waals surface area contributed by atoms with Crippen LogP contribution < -0.4 is 20.7 Å². The molecule has 0 heterocycles. The van der Waals surface area contributed by atoms with Gasteiger partial charge in [0.15, 0.2) is 0 Å². The number of carbonyl (C=O) groups is 3. The van der Waals surface area contributed by atoms with Gasteiger partial charge in [-0.3, -0.25) is 20.4 Å². The predicted molar refractivity (Wildman–Crippen MR) is 177 cm³/mol. The average molecular weight is 654 g/mol. The van der Waals surface area contributed by atoms with E-state index in [-0.39, 0.29) is 30.4 Å². The first-order valence-corrected chi connectivity index (χ1v) is 16.3. The zero-order chi connectivity index (χ0) is 34.1. The molecule has 12 nitrogen and oxygen atoms in total. The molecule has 0 radical (unpaired) electrons. The van der Waals surface area contributed by atoms with E-state index in [1.54, 1.807) is 59.7 Å². The number of nitrogens with one attached hydrogen (secondary N) is 4. The minimum atomic E-state index is -4.20. The summed E-state index contributed by atoms with van der Waals surface area (Å²) in [6.45, 7) is 11.9. The van der Waals surface area contributed by atoms with Gasteiger partial charge in [-0.1, -0.05) is 60.7 Å². The third-order valence-corrected chi connectivity index (χ3v) is 7.77. The number of carbonyl (C=O) groups excluding carboxylic acids is 3. The number of fused-ring (bicyclic) bond motifs is 1. The molecule has 0 bridgehead atoms. The standard InChI is InChI=1S/C33H43N5O7S/c1-22-17-18-27(25-16-12-11-15-24(22)25)46(42,43)38-26(28(39)35-21-23-13-9-8-10-14-23)19-20-34-29(36-30(40)44-32(2,3)4)37-31(41)45-33(5,6)7/h8-18,26,38H,19-21H2,1-7H3,(H,35,39)(H2,34,36,37,40,41)/t26-/m0/s1. The van der Waals surface area contributed by atoms with Crippen molar-refractivity contribution in [3.05, 3.63) is 77.9 Å². The number of sulfonamides is 1. The Labute approximate surface area is 270 Å². The molecule has 3 rings (SSSR count). The van der Waals surface area contributed by atoms with Gasteiger partial charge >= 0.3 is 12.2 Å². The SMILES string of the molecule is Cc1ccc(S(=O)(=O)N[C@@H](CCN=C(NC(=O)OC(C)(C)C)NC(=O)OC(C)(C)C)C(=O)NCc2ccccc2)c2ccccc12. The van der Waals surface area contributed by atoms with Gasteiger partial charge in [0.25, 0.3) is 0 Å². The van der Waals surface area contributed by atoms with E-state index in [4.69, 9.17) is 9.47 Å². The fourth-order valence-corrected chi connectivity index (χ4v) is 5.72. The number of amides is 3. The lowest BCUT2D eigenvalue weighted by Crippen LogP contribution is -2.48. The summed E-state index contributed by atoms with van der Waals surface area (Å²) >= 11 is 0. The Morgan fingerprint density at radius 1 is 0.783 bits per heavy atom. The van der Waals surface area contributed by atoms with Gasteiger partial charge in [0.1, 0.15) is 17.2 Å². The third kappa shape index (κ3) is 11.5. The van der Waals surface area contributed by atoms with Gasteiger partial charge in [0.2, 0.25) is 21.9 Å². The van der Waals surface area contributed by atoms with Crippen LogP contribution in [0.2, 0.25) is 0 Å².